The molecule has 8 aromatic rings. The molecular formula is C51H44Cl3N7O2. The zero-order chi connectivity index (χ0) is 44.6. The van der Waals surface area contributed by atoms with E-state index in [4.69, 9.17) is 45.5 Å². The predicted molar refractivity (Wildman–Crippen MR) is 253 cm³/mol. The van der Waals surface area contributed by atoms with Gasteiger partial charge < -0.3 is 5.73 Å². The van der Waals surface area contributed by atoms with E-state index >= 15 is 0 Å². The summed E-state index contributed by atoms with van der Waals surface area (Å²) in [5, 5.41) is -0.439. The molecule has 63 heavy (non-hydrogen) atoms. The highest BCUT2D eigenvalue weighted by atomic mass is 35.5. The van der Waals surface area contributed by atoms with Crippen LogP contribution in [0.15, 0.2) is 159 Å². The molecule has 4 heterocycles. The Labute approximate surface area is 382 Å². The van der Waals surface area contributed by atoms with Crippen molar-refractivity contribution in [2.75, 3.05) is 5.73 Å². The number of nitrogens with two attached hydrogens (primary N) is 1. The molecule has 0 saturated carbocycles. The summed E-state index contributed by atoms with van der Waals surface area (Å²) in [4.78, 5) is 49.7. The van der Waals surface area contributed by atoms with Crippen molar-refractivity contribution < 1.29 is 9.59 Å². The Kier molecular flexibility index (Phi) is 16.7. The summed E-state index contributed by atoms with van der Waals surface area (Å²) in [5.41, 5.74) is 19.1. The van der Waals surface area contributed by atoms with Crippen LogP contribution in [0.2, 0.25) is 0 Å². The Hall–Kier alpha value is -6.65. The quantitative estimate of drug-likeness (QED) is 0.0550. The first-order chi connectivity index (χ1) is 30.6. The van der Waals surface area contributed by atoms with E-state index in [0.717, 1.165) is 73.2 Å². The normalized spacial score (nSPS) is 10.5. The number of alkyl halides is 2. The van der Waals surface area contributed by atoms with Crippen LogP contribution in [0.5, 0.6) is 0 Å². The van der Waals surface area contributed by atoms with Gasteiger partial charge in [-0.25, -0.2) is 19.9 Å². The molecule has 0 atom stereocenters. The van der Waals surface area contributed by atoms with Gasteiger partial charge in [-0.05, 0) is 125 Å². The SMILES string of the molecule is Cc1ccc(CC(=O)c2ccc(CCl)cc2)cc1Cc1nccc(-c2cccnc2)n1.Cc1ccc(N)cc1Cc1nccc(-c2cccnc2)n1.O=C(Cl)c1ccc(CCl)cc1. The Balaban J connectivity index is 0.000000177. The highest BCUT2D eigenvalue weighted by Crippen LogP contribution is 2.21. The fourth-order valence-corrected chi connectivity index (χ4v) is 6.84. The van der Waals surface area contributed by atoms with E-state index in [0.29, 0.717) is 42.1 Å². The van der Waals surface area contributed by atoms with Crippen LogP contribution < -0.4 is 5.73 Å². The fourth-order valence-electron chi connectivity index (χ4n) is 6.36. The van der Waals surface area contributed by atoms with E-state index in [1.807, 2.05) is 84.9 Å². The van der Waals surface area contributed by atoms with Crippen molar-refractivity contribution in [1.82, 2.24) is 29.9 Å². The molecule has 2 N–H and O–H groups in total. The maximum absolute atomic E-state index is 12.7. The van der Waals surface area contributed by atoms with Crippen LogP contribution in [-0.4, -0.2) is 40.9 Å². The molecule has 0 saturated heterocycles. The number of aromatic nitrogens is 6. The lowest BCUT2D eigenvalue weighted by Gasteiger charge is -2.10. The van der Waals surface area contributed by atoms with Gasteiger partial charge in [-0.1, -0.05) is 60.7 Å². The van der Waals surface area contributed by atoms with Crippen LogP contribution in [0.3, 0.4) is 0 Å². The number of carbonyl (C=O) groups is 2. The summed E-state index contributed by atoms with van der Waals surface area (Å²) >= 11 is 16.6. The van der Waals surface area contributed by atoms with E-state index in [2.05, 4.69) is 50.9 Å². The number of nitrogen functional groups attached to an aromatic ring is 1. The lowest BCUT2D eigenvalue weighted by Crippen LogP contribution is -2.05. The van der Waals surface area contributed by atoms with Crippen LogP contribution in [0.25, 0.3) is 22.5 Å². The standard InChI is InChI=1S/C26H22ClN3O.C17H16N4.C8H6Cl2O/c1-18-4-5-20(14-25(31)21-8-6-19(16-27)7-9-21)13-23(18)15-26-29-12-10-24(30-26)22-3-2-11-28-17-22;1-12-4-5-15(18)9-14(12)10-17-20-8-6-16(21-17)13-3-2-7-19-11-13;9-5-6-1-3-7(4-2-6)8(10)11/h2-13,17H,14-16H2,1H3;2-9,11H,10,18H2,1H3;1-4H,5H2. The molecule has 9 nitrogen and oxygen atoms in total. The monoisotopic (exact) mass is 891 g/mol. The van der Waals surface area contributed by atoms with Gasteiger partial charge in [0.2, 0.25) is 0 Å². The lowest BCUT2D eigenvalue weighted by molar-refractivity contribution is 0.0992. The van der Waals surface area contributed by atoms with Crippen LogP contribution in [-0.2, 0) is 31.0 Å². The molecule has 0 aliphatic carbocycles. The van der Waals surface area contributed by atoms with Gasteiger partial charge >= 0.3 is 0 Å². The second kappa shape index (κ2) is 23.0. The number of halogens is 3. The molecule has 0 spiro atoms. The summed E-state index contributed by atoms with van der Waals surface area (Å²) in [5.74, 6) is 2.51. The van der Waals surface area contributed by atoms with Crippen molar-refractivity contribution in [2.45, 2.75) is 44.9 Å². The molecule has 4 aromatic heterocycles. The number of aryl methyl sites for hydroxylation is 2. The van der Waals surface area contributed by atoms with Gasteiger partial charge in [0.1, 0.15) is 11.6 Å². The van der Waals surface area contributed by atoms with E-state index < -0.39 is 5.24 Å². The number of Topliss-reactive ketones (excluding diaryl/α,β-unsaturated/α-hetero) is 1. The topological polar surface area (TPSA) is 138 Å². The van der Waals surface area contributed by atoms with Crippen molar-refractivity contribution in [1.29, 1.82) is 0 Å². The fraction of sp³-hybridized carbons (Fsp3) is 0.137. The molecule has 0 aliphatic rings. The minimum atomic E-state index is -0.439. The summed E-state index contributed by atoms with van der Waals surface area (Å²) in [6, 6.07) is 38.0. The average molecular weight is 893 g/mol. The van der Waals surface area contributed by atoms with E-state index in [1.165, 1.54) is 5.56 Å². The van der Waals surface area contributed by atoms with E-state index in [9.17, 15) is 9.59 Å². The average Bonchev–Trinajstić information content (AvgIpc) is 3.32. The number of anilines is 1. The Morgan fingerprint density at radius 3 is 1.51 bits per heavy atom. The molecule has 12 heteroatoms. The van der Waals surface area contributed by atoms with Crippen molar-refractivity contribution in [2.24, 2.45) is 0 Å². The van der Waals surface area contributed by atoms with E-state index in [-0.39, 0.29) is 5.78 Å². The van der Waals surface area contributed by atoms with Crippen LogP contribution in [0, 0.1) is 13.8 Å². The first-order valence-corrected chi connectivity index (χ1v) is 21.4. The summed E-state index contributed by atoms with van der Waals surface area (Å²) in [6.07, 6.45) is 12.3. The third-order valence-electron chi connectivity index (χ3n) is 9.94. The van der Waals surface area contributed by atoms with Crippen molar-refractivity contribution in [3.63, 3.8) is 0 Å². The van der Waals surface area contributed by atoms with Crippen LogP contribution in [0.1, 0.15) is 71.3 Å². The van der Waals surface area contributed by atoms with Crippen LogP contribution >= 0.6 is 34.8 Å². The molecular weight excluding hydrogens is 849 g/mol. The van der Waals surface area contributed by atoms with Crippen molar-refractivity contribution in [3.8, 4) is 22.5 Å². The zero-order valence-electron chi connectivity index (χ0n) is 34.8. The summed E-state index contributed by atoms with van der Waals surface area (Å²) in [7, 11) is 0. The zero-order valence-corrected chi connectivity index (χ0v) is 37.0. The third-order valence-corrected chi connectivity index (χ3v) is 10.8. The number of hydrogen-bond acceptors (Lipinski definition) is 9. The highest BCUT2D eigenvalue weighted by Gasteiger charge is 2.12. The third kappa shape index (κ3) is 13.7. The maximum atomic E-state index is 12.7. The number of carbonyl (C=O) groups excluding carboxylic acids is 2. The Bertz CT molecular complexity index is 2760. The number of pyridine rings is 2. The number of ketones is 1. The smallest absolute Gasteiger partial charge is 0.252 e. The first-order valence-electron chi connectivity index (χ1n) is 20.0. The molecule has 0 aliphatic heterocycles. The number of benzene rings is 4. The van der Waals surface area contributed by atoms with Gasteiger partial charge in [-0.2, -0.15) is 0 Å². The maximum Gasteiger partial charge on any atom is 0.252 e. The molecule has 0 radical (unpaired) electrons. The van der Waals surface area contributed by atoms with Crippen molar-refractivity contribution >= 4 is 51.5 Å². The minimum Gasteiger partial charge on any atom is -0.399 e. The molecule has 316 valence electrons. The molecule has 0 unspecified atom stereocenters. The lowest BCUT2D eigenvalue weighted by atomic mass is 9.97. The highest BCUT2D eigenvalue weighted by molar-refractivity contribution is 6.67. The Morgan fingerprint density at radius 1 is 0.556 bits per heavy atom. The second-order valence-electron chi connectivity index (χ2n) is 14.5. The first kappa shape index (κ1) is 45.9. The van der Waals surface area contributed by atoms with Gasteiger partial charge in [-0.3, -0.25) is 19.6 Å². The largest absolute Gasteiger partial charge is 0.399 e. The number of nitrogens with zero attached hydrogens (tertiary/aromatic N) is 6. The number of rotatable bonds is 12. The van der Waals surface area contributed by atoms with Gasteiger partial charge in [-0.15, -0.1) is 23.2 Å². The molecule has 8 rings (SSSR count). The molecule has 0 bridgehead atoms. The van der Waals surface area contributed by atoms with Crippen molar-refractivity contribution in [3.05, 3.63) is 220 Å². The van der Waals surface area contributed by atoms with E-state index in [1.54, 1.807) is 61.4 Å². The molecule has 4 aromatic carbocycles. The Morgan fingerprint density at radius 2 is 1.03 bits per heavy atom. The van der Waals surface area contributed by atoms with Gasteiger partial charge in [0.25, 0.3) is 5.24 Å². The van der Waals surface area contributed by atoms with Gasteiger partial charge in [0.05, 0.1) is 11.4 Å². The van der Waals surface area contributed by atoms with Gasteiger partial charge in [0, 0.05) is 96.1 Å². The molecule has 0 fully saturated rings. The van der Waals surface area contributed by atoms with Gasteiger partial charge in [0.15, 0.2) is 5.78 Å². The number of hydrogen-bond donors (Lipinski definition) is 1. The summed E-state index contributed by atoms with van der Waals surface area (Å²) < 4.78 is 0. The second-order valence-corrected chi connectivity index (χ2v) is 15.4. The minimum absolute atomic E-state index is 0.0887. The molecule has 0 amide bonds. The summed E-state index contributed by atoms with van der Waals surface area (Å²) in [6.45, 7) is 4.14. The van der Waals surface area contributed by atoms with Crippen LogP contribution in [0.4, 0.5) is 5.69 Å². The predicted octanol–water partition coefficient (Wildman–Crippen LogP) is 11.4.